The zero-order valence-electron chi connectivity index (χ0n) is 15.2. The van der Waals surface area contributed by atoms with Crippen LogP contribution in [-0.4, -0.2) is 46.2 Å². The second-order valence-electron chi connectivity index (χ2n) is 7.16. The third-order valence-electron chi connectivity index (χ3n) is 5.39. The molecule has 27 heavy (non-hydrogen) atoms. The van der Waals surface area contributed by atoms with Gasteiger partial charge in [-0.25, -0.2) is 0 Å². The fourth-order valence-electron chi connectivity index (χ4n) is 3.72. The first-order chi connectivity index (χ1) is 13.0. The molecule has 0 aliphatic carbocycles. The van der Waals surface area contributed by atoms with E-state index in [0.29, 0.717) is 13.0 Å². The monoisotopic (exact) mass is 387 g/mol. The van der Waals surface area contributed by atoms with E-state index in [0.717, 1.165) is 18.4 Å². The van der Waals surface area contributed by atoms with Gasteiger partial charge in [0.25, 0.3) is 0 Å². The van der Waals surface area contributed by atoms with Crippen molar-refractivity contribution in [1.29, 1.82) is 0 Å². The molecule has 2 N–H and O–H groups in total. The fourth-order valence-corrected chi connectivity index (χ4v) is 4.47. The van der Waals surface area contributed by atoms with Gasteiger partial charge in [-0.1, -0.05) is 36.4 Å². The van der Waals surface area contributed by atoms with Gasteiger partial charge in [-0.3, -0.25) is 9.59 Å². The highest BCUT2D eigenvalue weighted by Gasteiger charge is 2.49. The fraction of sp³-hybridized carbons (Fsp3) is 0.429. The van der Waals surface area contributed by atoms with Gasteiger partial charge in [0.1, 0.15) is 5.41 Å². The average Bonchev–Trinajstić information content (AvgIpc) is 3.17. The number of carboxylic acid groups (broad SMARTS) is 1. The van der Waals surface area contributed by atoms with Crippen LogP contribution in [0.15, 0.2) is 47.8 Å². The first-order valence-electron chi connectivity index (χ1n) is 9.27. The molecule has 1 aromatic heterocycles. The number of nitrogens with zero attached hydrogens (tertiary/aromatic N) is 1. The Morgan fingerprint density at radius 2 is 1.96 bits per heavy atom. The van der Waals surface area contributed by atoms with Gasteiger partial charge < -0.3 is 15.1 Å². The molecule has 1 aliphatic heterocycles. The van der Waals surface area contributed by atoms with E-state index in [-0.39, 0.29) is 25.3 Å². The number of aliphatic hydroxyl groups excluding tert-OH is 1. The number of thiophene rings is 1. The molecule has 0 bridgehead atoms. The minimum Gasteiger partial charge on any atom is -0.481 e. The van der Waals surface area contributed by atoms with Gasteiger partial charge in [-0.05, 0) is 42.7 Å². The lowest BCUT2D eigenvalue weighted by atomic mass is 9.71. The number of aryl methyl sites for hydroxylation is 1. The molecule has 0 radical (unpaired) electrons. The lowest BCUT2D eigenvalue weighted by molar-refractivity contribution is -0.166. The molecule has 1 saturated heterocycles. The van der Waals surface area contributed by atoms with Crippen LogP contribution in [0.5, 0.6) is 0 Å². The number of benzene rings is 1. The number of amides is 1. The van der Waals surface area contributed by atoms with Gasteiger partial charge >= 0.3 is 5.97 Å². The van der Waals surface area contributed by atoms with E-state index in [4.69, 9.17) is 0 Å². The summed E-state index contributed by atoms with van der Waals surface area (Å²) in [5.41, 5.74) is -0.357. The summed E-state index contributed by atoms with van der Waals surface area (Å²) < 4.78 is 0. The minimum atomic E-state index is -1.24. The van der Waals surface area contributed by atoms with Crippen molar-refractivity contribution < 1.29 is 19.8 Å². The van der Waals surface area contributed by atoms with Crippen LogP contribution in [0.3, 0.4) is 0 Å². The van der Waals surface area contributed by atoms with E-state index in [1.54, 1.807) is 16.2 Å². The van der Waals surface area contributed by atoms with E-state index in [2.05, 4.69) is 6.07 Å². The van der Waals surface area contributed by atoms with Crippen LogP contribution < -0.4 is 0 Å². The number of carbonyl (C=O) groups is 2. The van der Waals surface area contributed by atoms with Crippen LogP contribution in [0.4, 0.5) is 0 Å². The van der Waals surface area contributed by atoms with Crippen molar-refractivity contribution in [2.24, 2.45) is 5.41 Å². The summed E-state index contributed by atoms with van der Waals surface area (Å²) in [7, 11) is 0. The van der Waals surface area contributed by atoms with Gasteiger partial charge in [0.15, 0.2) is 0 Å². The first-order valence-corrected chi connectivity index (χ1v) is 10.1. The summed E-state index contributed by atoms with van der Waals surface area (Å²) in [6, 6.07) is 13.4. The zero-order valence-corrected chi connectivity index (χ0v) is 16.0. The Hall–Kier alpha value is -2.18. The van der Waals surface area contributed by atoms with E-state index in [1.807, 2.05) is 41.8 Å². The Labute approximate surface area is 163 Å². The van der Waals surface area contributed by atoms with Crippen LogP contribution in [0.25, 0.3) is 0 Å². The lowest BCUT2D eigenvalue weighted by Crippen LogP contribution is -2.57. The van der Waals surface area contributed by atoms with Crippen molar-refractivity contribution in [3.05, 3.63) is 58.3 Å². The molecule has 1 fully saturated rings. The molecule has 1 amide bonds. The maximum atomic E-state index is 12.5. The summed E-state index contributed by atoms with van der Waals surface area (Å²) in [5.74, 6) is -1.01. The molecular weight excluding hydrogens is 362 g/mol. The predicted molar refractivity (Wildman–Crippen MR) is 105 cm³/mol. The molecule has 6 heteroatoms. The highest BCUT2D eigenvalue weighted by Crippen LogP contribution is 2.36. The van der Waals surface area contributed by atoms with Gasteiger partial charge in [0.05, 0.1) is 6.10 Å². The maximum Gasteiger partial charge on any atom is 0.312 e. The van der Waals surface area contributed by atoms with Crippen LogP contribution in [0, 0.1) is 5.41 Å². The first kappa shape index (κ1) is 19.6. The van der Waals surface area contributed by atoms with Crippen LogP contribution in [0.2, 0.25) is 0 Å². The quantitative estimate of drug-likeness (QED) is 0.766. The Morgan fingerprint density at radius 1 is 1.19 bits per heavy atom. The number of hydrogen-bond donors (Lipinski definition) is 2. The van der Waals surface area contributed by atoms with Crippen molar-refractivity contribution in [2.75, 3.05) is 13.1 Å². The van der Waals surface area contributed by atoms with Crippen molar-refractivity contribution in [3.8, 4) is 0 Å². The third-order valence-corrected chi connectivity index (χ3v) is 6.33. The Bertz CT molecular complexity index is 762. The van der Waals surface area contributed by atoms with Gasteiger partial charge in [-0.2, -0.15) is 0 Å². The number of carbonyl (C=O) groups excluding carboxylic acids is 1. The number of hydrogen-bond acceptors (Lipinski definition) is 4. The zero-order chi connectivity index (χ0) is 19.3. The molecule has 1 aliphatic rings. The molecule has 144 valence electrons. The number of aliphatic carboxylic acids is 1. The number of piperidine rings is 1. The topological polar surface area (TPSA) is 77.8 Å². The van der Waals surface area contributed by atoms with Crippen molar-refractivity contribution in [3.63, 3.8) is 0 Å². The summed E-state index contributed by atoms with van der Waals surface area (Å²) in [5, 5.41) is 22.5. The molecule has 2 aromatic rings. The second-order valence-corrected chi connectivity index (χ2v) is 8.19. The minimum absolute atomic E-state index is 0.00990. The summed E-state index contributed by atoms with van der Waals surface area (Å²) in [6.07, 6.45) is 1.50. The smallest absolute Gasteiger partial charge is 0.312 e. The van der Waals surface area contributed by atoms with Crippen molar-refractivity contribution >= 4 is 23.2 Å². The molecule has 5 nitrogen and oxygen atoms in total. The lowest BCUT2D eigenvalue weighted by Gasteiger charge is -2.43. The summed E-state index contributed by atoms with van der Waals surface area (Å²) in [4.78, 5) is 27.4. The number of β-amino-alcohol motifs (C(OH)–C–C–N with tert-alkyl or cyclic N) is 1. The molecule has 0 unspecified atom stereocenters. The van der Waals surface area contributed by atoms with Crippen LogP contribution >= 0.6 is 11.3 Å². The molecule has 3 rings (SSSR count). The van der Waals surface area contributed by atoms with Crippen LogP contribution in [0.1, 0.15) is 29.7 Å². The number of aliphatic hydroxyl groups is 1. The number of rotatable bonds is 7. The van der Waals surface area contributed by atoms with Crippen LogP contribution in [-0.2, 0) is 22.4 Å². The summed E-state index contributed by atoms with van der Waals surface area (Å²) in [6.45, 7) is 0.449. The Balaban J connectivity index is 1.59. The SMILES string of the molecule is O=C(CCCc1cccs1)N1CC[C@](Cc2ccccc2)(C(=O)O)[C@H](O)C1. The largest absolute Gasteiger partial charge is 0.481 e. The molecule has 0 spiro atoms. The van der Waals surface area contributed by atoms with Gasteiger partial charge in [0, 0.05) is 24.4 Å². The second kappa shape index (κ2) is 8.67. The number of likely N-dealkylation sites (tertiary alicyclic amines) is 1. The molecule has 2 heterocycles. The number of carboxylic acids is 1. The van der Waals surface area contributed by atoms with E-state index < -0.39 is 17.5 Å². The highest BCUT2D eigenvalue weighted by molar-refractivity contribution is 7.09. The van der Waals surface area contributed by atoms with E-state index >= 15 is 0 Å². The van der Waals surface area contributed by atoms with Crippen molar-refractivity contribution in [1.82, 2.24) is 4.90 Å². The predicted octanol–water partition coefficient (Wildman–Crippen LogP) is 2.98. The normalized spacial score (nSPS) is 22.6. The molecule has 2 atom stereocenters. The van der Waals surface area contributed by atoms with E-state index in [9.17, 15) is 19.8 Å². The molecule has 0 saturated carbocycles. The molecule has 1 aromatic carbocycles. The Morgan fingerprint density at radius 3 is 2.59 bits per heavy atom. The molecular formula is C21H25NO4S. The van der Waals surface area contributed by atoms with Gasteiger partial charge in [-0.15, -0.1) is 11.3 Å². The highest BCUT2D eigenvalue weighted by atomic mass is 32.1. The Kier molecular flexibility index (Phi) is 6.29. The third kappa shape index (κ3) is 4.57. The maximum absolute atomic E-state index is 12.5. The van der Waals surface area contributed by atoms with Gasteiger partial charge in [0.2, 0.25) is 5.91 Å². The van der Waals surface area contributed by atoms with Crippen molar-refractivity contribution in [2.45, 2.75) is 38.2 Å². The van der Waals surface area contributed by atoms with E-state index in [1.165, 1.54) is 4.88 Å². The summed E-state index contributed by atoms with van der Waals surface area (Å²) >= 11 is 1.68. The average molecular weight is 388 g/mol. The standard InChI is InChI=1S/C21H25NO4S/c23-18-15-22(19(24)10-4-8-17-9-5-13-27-17)12-11-21(18,20(25)26)14-16-6-2-1-3-7-16/h1-3,5-7,9,13,18,23H,4,8,10-12,14-15H2,(H,25,26)/t18-,21-/m1/s1.